The van der Waals surface area contributed by atoms with Gasteiger partial charge in [0.05, 0.1) is 11.3 Å². The van der Waals surface area contributed by atoms with Gasteiger partial charge >= 0.3 is 0 Å². The van der Waals surface area contributed by atoms with Crippen LogP contribution in [-0.2, 0) is 21.1 Å². The van der Waals surface area contributed by atoms with Gasteiger partial charge in [0.15, 0.2) is 15.5 Å². The van der Waals surface area contributed by atoms with Crippen LogP contribution < -0.4 is 10.5 Å². The van der Waals surface area contributed by atoms with Gasteiger partial charge in [-0.15, -0.1) is 0 Å². The van der Waals surface area contributed by atoms with Crippen molar-refractivity contribution in [1.82, 2.24) is 14.6 Å². The summed E-state index contributed by atoms with van der Waals surface area (Å²) in [5.41, 5.74) is 3.06. The number of amides is 1. The summed E-state index contributed by atoms with van der Waals surface area (Å²) in [5.74, 6) is -0.144. The summed E-state index contributed by atoms with van der Waals surface area (Å²) >= 11 is 0. The highest BCUT2D eigenvalue weighted by atomic mass is 32.2. The average Bonchev–Trinajstić information content (AvgIpc) is 2.98. The summed E-state index contributed by atoms with van der Waals surface area (Å²) in [7, 11) is -3.31. The number of rotatable bonds is 5. The zero-order chi connectivity index (χ0) is 21.5. The van der Waals surface area contributed by atoms with Crippen LogP contribution in [0.4, 0.5) is 5.69 Å². The van der Waals surface area contributed by atoms with Crippen molar-refractivity contribution in [1.29, 1.82) is 0 Å². The van der Waals surface area contributed by atoms with E-state index in [-0.39, 0.29) is 28.8 Å². The molecule has 0 aliphatic heterocycles. The minimum Gasteiger partial charge on any atom is -0.310 e. The van der Waals surface area contributed by atoms with Crippen LogP contribution in [-0.4, -0.2) is 41.2 Å². The first-order valence-corrected chi connectivity index (χ1v) is 11.1. The Morgan fingerprint density at radius 2 is 1.83 bits per heavy atom. The molecule has 154 valence electrons. The summed E-state index contributed by atoms with van der Waals surface area (Å²) < 4.78 is 25.0. The van der Waals surface area contributed by atoms with E-state index in [1.54, 1.807) is 21.5 Å². The van der Waals surface area contributed by atoms with Crippen molar-refractivity contribution >= 4 is 27.1 Å². The molecule has 9 heteroatoms. The molecule has 0 spiro atoms. The average molecular weight is 417 g/mol. The van der Waals surface area contributed by atoms with E-state index < -0.39 is 9.84 Å². The molecule has 0 aliphatic carbocycles. The van der Waals surface area contributed by atoms with Crippen molar-refractivity contribution in [2.75, 3.05) is 11.2 Å². The largest absolute Gasteiger partial charge is 0.310 e. The lowest BCUT2D eigenvalue weighted by Crippen LogP contribution is -2.38. The Balaban J connectivity index is 1.97. The number of aromatic nitrogens is 3. The van der Waals surface area contributed by atoms with Crippen LogP contribution in [0.25, 0.3) is 5.65 Å². The number of hydrogen-bond donors (Lipinski definition) is 1. The smallest absolute Gasteiger partial charge is 0.266 e. The van der Waals surface area contributed by atoms with Crippen LogP contribution in [0.5, 0.6) is 0 Å². The van der Waals surface area contributed by atoms with Gasteiger partial charge in [-0.05, 0) is 52.0 Å². The van der Waals surface area contributed by atoms with E-state index in [4.69, 9.17) is 0 Å². The number of sulfone groups is 1. The van der Waals surface area contributed by atoms with Gasteiger partial charge < -0.3 is 4.90 Å². The van der Waals surface area contributed by atoms with E-state index in [0.29, 0.717) is 17.0 Å². The predicted octanol–water partition coefficient (Wildman–Crippen LogP) is 2.03. The van der Waals surface area contributed by atoms with Crippen LogP contribution in [0.2, 0.25) is 0 Å². The normalized spacial score (nSPS) is 11.9. The molecule has 2 aromatic heterocycles. The molecule has 8 nitrogen and oxygen atoms in total. The van der Waals surface area contributed by atoms with Crippen LogP contribution >= 0.6 is 0 Å². The van der Waals surface area contributed by atoms with Crippen LogP contribution in [0.1, 0.15) is 30.8 Å². The molecule has 0 bridgehead atoms. The molecule has 0 atom stereocenters. The first-order chi connectivity index (χ1) is 13.5. The molecule has 1 amide bonds. The van der Waals surface area contributed by atoms with Gasteiger partial charge in [0.1, 0.15) is 0 Å². The van der Waals surface area contributed by atoms with E-state index in [0.717, 1.165) is 17.5 Å². The number of hydrogen-bond acceptors (Lipinski definition) is 5. The van der Waals surface area contributed by atoms with Crippen LogP contribution in [0.3, 0.4) is 0 Å². The number of nitrogens with zero attached hydrogens (tertiary/aromatic N) is 3. The van der Waals surface area contributed by atoms with Gasteiger partial charge in [-0.25, -0.2) is 17.9 Å². The number of benzene rings is 1. The number of H-pyrrole nitrogens is 1. The maximum atomic E-state index is 13.2. The summed E-state index contributed by atoms with van der Waals surface area (Å²) in [5, 5.41) is 2.69. The minimum absolute atomic E-state index is 0.104. The Labute approximate surface area is 169 Å². The lowest BCUT2D eigenvalue weighted by atomic mass is 10.1. The Hall–Kier alpha value is -2.94. The molecular weight excluding hydrogens is 392 g/mol. The number of aryl methyl sites for hydroxylation is 2. The van der Waals surface area contributed by atoms with Gasteiger partial charge in [-0.2, -0.15) is 0 Å². The standard InChI is InChI=1S/C20H24N4O4S/c1-12(2)23(15-6-8-16(9-7-15)29(5,27)28)20(26)10-17-13(3)21-18-11-19(25)22-24(18)14(17)4/h6-9,11-12H,10H2,1-5H3,(H,22,25). The van der Waals surface area contributed by atoms with Crippen LogP contribution in [0, 0.1) is 13.8 Å². The molecule has 0 saturated heterocycles. The molecule has 3 aromatic rings. The molecule has 1 N–H and O–H groups in total. The molecule has 29 heavy (non-hydrogen) atoms. The monoisotopic (exact) mass is 416 g/mol. The summed E-state index contributed by atoms with van der Waals surface area (Å²) in [6, 6.07) is 7.56. The third-order valence-electron chi connectivity index (χ3n) is 4.86. The maximum Gasteiger partial charge on any atom is 0.266 e. The van der Waals surface area contributed by atoms with Gasteiger partial charge in [0.25, 0.3) is 5.56 Å². The van der Waals surface area contributed by atoms with Crippen molar-refractivity contribution in [3.8, 4) is 0 Å². The summed E-state index contributed by atoms with van der Waals surface area (Å²) in [6.45, 7) is 7.44. The zero-order valence-electron chi connectivity index (χ0n) is 17.1. The second-order valence-corrected chi connectivity index (χ2v) is 9.39. The first-order valence-electron chi connectivity index (χ1n) is 9.19. The molecule has 1 aromatic carbocycles. The Morgan fingerprint density at radius 3 is 2.38 bits per heavy atom. The quantitative estimate of drug-likeness (QED) is 0.685. The number of carbonyl (C=O) groups excluding carboxylic acids is 1. The summed E-state index contributed by atoms with van der Waals surface area (Å²) in [6.07, 6.45) is 1.25. The van der Waals surface area contributed by atoms with Gasteiger partial charge in [0.2, 0.25) is 5.91 Å². The maximum absolute atomic E-state index is 13.2. The minimum atomic E-state index is -3.31. The third-order valence-corrected chi connectivity index (χ3v) is 5.99. The van der Waals surface area contributed by atoms with Gasteiger partial charge in [0, 0.05) is 41.0 Å². The fourth-order valence-corrected chi connectivity index (χ4v) is 4.06. The summed E-state index contributed by atoms with van der Waals surface area (Å²) in [4.78, 5) is 31.1. The van der Waals surface area contributed by atoms with E-state index in [1.165, 1.54) is 18.2 Å². The number of nitrogens with one attached hydrogen (secondary N) is 1. The molecule has 3 rings (SSSR count). The Kier molecular flexibility index (Phi) is 5.36. The van der Waals surface area contributed by atoms with Crippen LogP contribution in [0.15, 0.2) is 40.0 Å². The number of carbonyl (C=O) groups is 1. The molecule has 2 heterocycles. The molecular formula is C20H24N4O4S. The second kappa shape index (κ2) is 7.47. The molecule has 0 fully saturated rings. The van der Waals surface area contributed by atoms with Crippen molar-refractivity contribution in [2.45, 2.75) is 45.1 Å². The first kappa shape index (κ1) is 20.8. The highest BCUT2D eigenvalue weighted by Gasteiger charge is 2.22. The number of anilines is 1. The highest BCUT2D eigenvalue weighted by molar-refractivity contribution is 7.90. The molecule has 0 saturated carbocycles. The lowest BCUT2D eigenvalue weighted by molar-refractivity contribution is -0.118. The van der Waals surface area contributed by atoms with Crippen molar-refractivity contribution < 1.29 is 13.2 Å². The van der Waals surface area contributed by atoms with Crippen molar-refractivity contribution in [2.24, 2.45) is 0 Å². The molecule has 0 aliphatic rings. The lowest BCUT2D eigenvalue weighted by Gasteiger charge is -2.27. The Morgan fingerprint density at radius 1 is 1.21 bits per heavy atom. The van der Waals surface area contributed by atoms with E-state index in [1.807, 2.05) is 27.7 Å². The second-order valence-electron chi connectivity index (χ2n) is 7.38. The van der Waals surface area contributed by atoms with Crippen molar-refractivity contribution in [3.05, 3.63) is 57.6 Å². The van der Waals surface area contributed by atoms with E-state index in [2.05, 4.69) is 10.1 Å². The van der Waals surface area contributed by atoms with Gasteiger partial charge in [-0.3, -0.25) is 14.7 Å². The topological polar surface area (TPSA) is 105 Å². The molecule has 0 radical (unpaired) electrons. The number of fused-ring (bicyclic) bond motifs is 1. The van der Waals surface area contributed by atoms with Crippen molar-refractivity contribution in [3.63, 3.8) is 0 Å². The zero-order valence-corrected chi connectivity index (χ0v) is 17.9. The fourth-order valence-electron chi connectivity index (χ4n) is 3.43. The van der Waals surface area contributed by atoms with E-state index >= 15 is 0 Å². The third kappa shape index (κ3) is 4.09. The highest BCUT2D eigenvalue weighted by Crippen LogP contribution is 2.23. The van der Waals surface area contributed by atoms with Gasteiger partial charge in [-0.1, -0.05) is 0 Å². The fraction of sp³-hybridized carbons (Fsp3) is 0.350. The van der Waals surface area contributed by atoms with E-state index in [9.17, 15) is 18.0 Å². The number of aromatic amines is 1. The predicted molar refractivity (Wildman–Crippen MR) is 111 cm³/mol. The molecule has 0 unspecified atom stereocenters. The SMILES string of the molecule is Cc1nc2cc(=O)[nH]n2c(C)c1CC(=O)N(c1ccc(S(C)(=O)=O)cc1)C(C)C. The Bertz CT molecular complexity index is 1240.